The molecule has 0 aliphatic heterocycles. The van der Waals surface area contributed by atoms with Crippen LogP contribution in [0.1, 0.15) is 97.8 Å². The van der Waals surface area contributed by atoms with Crippen LogP contribution in [0.2, 0.25) is 0 Å². The molecule has 0 bridgehead atoms. The van der Waals surface area contributed by atoms with Gasteiger partial charge in [-0.3, -0.25) is 9.59 Å². The second-order valence-corrected chi connectivity index (χ2v) is 9.53. The van der Waals surface area contributed by atoms with Crippen molar-refractivity contribution < 1.29 is 24.5 Å². The lowest BCUT2D eigenvalue weighted by Gasteiger charge is -2.35. The predicted octanol–water partition coefficient (Wildman–Crippen LogP) is 5.30. The van der Waals surface area contributed by atoms with Crippen molar-refractivity contribution in [3.05, 3.63) is 12.2 Å². The van der Waals surface area contributed by atoms with E-state index < -0.39 is 11.6 Å². The van der Waals surface area contributed by atoms with Crippen LogP contribution in [0.15, 0.2) is 12.2 Å². The molecule has 2 N–H and O–H groups in total. The maximum atomic E-state index is 12.7. The Hall–Kier alpha value is -1.20. The summed E-state index contributed by atoms with van der Waals surface area (Å²) in [6.07, 6.45) is 12.4. The van der Waals surface area contributed by atoms with Crippen LogP contribution in [0.5, 0.6) is 0 Å². The highest BCUT2D eigenvalue weighted by atomic mass is 16.5. The summed E-state index contributed by atoms with van der Waals surface area (Å²) in [4.78, 5) is 23.3. The molecule has 0 spiro atoms. The standard InChI is InChI=1S/C24H42O5/c1-5-6-14-23(2,3)18-19(25)17-21(29-4)20-12-11-16-24(20,28)15-10-8-7-9-13-22(26)27/h8,10,20-21,28H,5-7,9,11-18H2,1-4H3,(H,26,27)/t20-,21?,24-/m1/s1. The molecule has 0 amide bonds. The SMILES string of the molecule is CCCCC(C)(C)CC(=O)CC(OC)[C@H]1CCC[C@]1(O)CC=CCCCC(=O)O. The number of hydrogen-bond acceptors (Lipinski definition) is 4. The number of carbonyl (C=O) groups excluding carboxylic acids is 1. The zero-order valence-electron chi connectivity index (χ0n) is 18.9. The molecule has 1 fully saturated rings. The highest BCUT2D eigenvalue weighted by Gasteiger charge is 2.45. The molecule has 0 aromatic rings. The molecule has 5 nitrogen and oxygen atoms in total. The van der Waals surface area contributed by atoms with Gasteiger partial charge in [-0.15, -0.1) is 0 Å². The van der Waals surface area contributed by atoms with Crippen LogP contribution >= 0.6 is 0 Å². The minimum atomic E-state index is -0.845. The van der Waals surface area contributed by atoms with Crippen molar-refractivity contribution in [3.63, 3.8) is 0 Å². The first-order chi connectivity index (χ1) is 13.6. The number of ether oxygens (including phenoxy) is 1. The van der Waals surface area contributed by atoms with Gasteiger partial charge in [0.1, 0.15) is 5.78 Å². The first kappa shape index (κ1) is 25.8. The quantitative estimate of drug-likeness (QED) is 0.283. The number of Topliss-reactive ketones (excluding diaryl/α,β-unsaturated/α-hetero) is 1. The number of carboxylic acid groups (broad SMARTS) is 1. The zero-order valence-corrected chi connectivity index (χ0v) is 18.9. The van der Waals surface area contributed by atoms with Crippen LogP contribution in [0.4, 0.5) is 0 Å². The first-order valence-electron chi connectivity index (χ1n) is 11.3. The van der Waals surface area contributed by atoms with E-state index in [1.807, 2.05) is 12.2 Å². The summed E-state index contributed by atoms with van der Waals surface area (Å²) in [5.74, 6) is -0.603. The summed E-state index contributed by atoms with van der Waals surface area (Å²) in [5, 5.41) is 19.9. The zero-order chi connectivity index (χ0) is 21.9. The van der Waals surface area contributed by atoms with Crippen LogP contribution in [-0.4, -0.2) is 40.8 Å². The van der Waals surface area contributed by atoms with Gasteiger partial charge < -0.3 is 14.9 Å². The van der Waals surface area contributed by atoms with Gasteiger partial charge in [0, 0.05) is 32.3 Å². The average Bonchev–Trinajstić information content (AvgIpc) is 3.02. The summed E-state index contributed by atoms with van der Waals surface area (Å²) in [7, 11) is 1.64. The molecule has 0 saturated heterocycles. The lowest BCUT2D eigenvalue weighted by atomic mass is 9.78. The number of unbranched alkanes of at least 4 members (excludes halogenated alkanes) is 2. The van der Waals surface area contributed by atoms with E-state index in [-0.39, 0.29) is 29.6 Å². The Morgan fingerprint density at radius 3 is 2.62 bits per heavy atom. The molecule has 5 heteroatoms. The van der Waals surface area contributed by atoms with Crippen molar-refractivity contribution in [2.24, 2.45) is 11.3 Å². The first-order valence-corrected chi connectivity index (χ1v) is 11.3. The molecule has 1 aliphatic carbocycles. The van der Waals surface area contributed by atoms with E-state index in [2.05, 4.69) is 20.8 Å². The van der Waals surface area contributed by atoms with E-state index in [0.29, 0.717) is 38.5 Å². The van der Waals surface area contributed by atoms with E-state index in [4.69, 9.17) is 9.84 Å². The largest absolute Gasteiger partial charge is 0.481 e. The van der Waals surface area contributed by atoms with Crippen molar-refractivity contribution in [2.75, 3.05) is 7.11 Å². The van der Waals surface area contributed by atoms with Gasteiger partial charge in [-0.1, -0.05) is 52.2 Å². The third-order valence-corrected chi connectivity index (χ3v) is 6.28. The van der Waals surface area contributed by atoms with Crippen molar-refractivity contribution in [3.8, 4) is 0 Å². The maximum Gasteiger partial charge on any atom is 0.303 e. The van der Waals surface area contributed by atoms with Crippen LogP contribution in [-0.2, 0) is 14.3 Å². The third-order valence-electron chi connectivity index (χ3n) is 6.28. The number of methoxy groups -OCH3 is 1. The minimum Gasteiger partial charge on any atom is -0.481 e. The second-order valence-electron chi connectivity index (χ2n) is 9.53. The normalized spacial score (nSPS) is 23.6. The lowest BCUT2D eigenvalue weighted by Crippen LogP contribution is -2.41. The van der Waals surface area contributed by atoms with Gasteiger partial charge in [0.05, 0.1) is 11.7 Å². The van der Waals surface area contributed by atoms with E-state index >= 15 is 0 Å². The van der Waals surface area contributed by atoms with Crippen molar-refractivity contribution >= 4 is 11.8 Å². The Bertz CT molecular complexity index is 539. The Morgan fingerprint density at radius 1 is 1.28 bits per heavy atom. The molecule has 0 radical (unpaired) electrons. The molecular formula is C24H42O5. The summed E-state index contributed by atoms with van der Waals surface area (Å²) >= 11 is 0. The number of carbonyl (C=O) groups is 2. The fourth-order valence-corrected chi connectivity index (χ4v) is 4.61. The molecule has 0 aromatic carbocycles. The Balaban J connectivity index is 2.61. The summed E-state index contributed by atoms with van der Waals surface area (Å²) in [5.41, 5.74) is -0.835. The summed E-state index contributed by atoms with van der Waals surface area (Å²) in [6, 6.07) is 0. The van der Waals surface area contributed by atoms with Crippen LogP contribution in [0.3, 0.4) is 0 Å². The fraction of sp³-hybridized carbons (Fsp3) is 0.833. The van der Waals surface area contributed by atoms with E-state index in [1.165, 1.54) is 0 Å². The van der Waals surface area contributed by atoms with Crippen LogP contribution in [0, 0.1) is 11.3 Å². The van der Waals surface area contributed by atoms with Crippen molar-refractivity contribution in [2.45, 2.75) is 110 Å². The number of allylic oxidation sites excluding steroid dienone is 1. The van der Waals surface area contributed by atoms with Crippen molar-refractivity contribution in [1.29, 1.82) is 0 Å². The van der Waals surface area contributed by atoms with Gasteiger partial charge >= 0.3 is 5.97 Å². The number of hydrogen-bond donors (Lipinski definition) is 2. The number of aliphatic hydroxyl groups is 1. The Labute approximate surface area is 176 Å². The number of rotatable bonds is 15. The van der Waals surface area contributed by atoms with E-state index in [9.17, 15) is 14.7 Å². The topological polar surface area (TPSA) is 83.8 Å². The fourth-order valence-electron chi connectivity index (χ4n) is 4.61. The Kier molecular flexibility index (Phi) is 11.1. The number of ketones is 1. The molecule has 3 atom stereocenters. The maximum absolute atomic E-state index is 12.7. The van der Waals surface area contributed by atoms with E-state index in [1.54, 1.807) is 7.11 Å². The molecule has 0 aromatic heterocycles. The summed E-state index contributed by atoms with van der Waals surface area (Å²) in [6.45, 7) is 6.48. The van der Waals surface area contributed by atoms with Crippen molar-refractivity contribution in [1.82, 2.24) is 0 Å². The van der Waals surface area contributed by atoms with Gasteiger partial charge in [-0.2, -0.15) is 0 Å². The van der Waals surface area contributed by atoms with Gasteiger partial charge in [0.25, 0.3) is 0 Å². The molecule has 1 saturated carbocycles. The highest BCUT2D eigenvalue weighted by molar-refractivity contribution is 5.79. The monoisotopic (exact) mass is 410 g/mol. The molecule has 1 rings (SSSR count). The lowest BCUT2D eigenvalue weighted by molar-refractivity contribution is -0.137. The number of aliphatic carboxylic acids is 1. The number of carboxylic acids is 1. The van der Waals surface area contributed by atoms with Crippen LogP contribution in [0.25, 0.3) is 0 Å². The Morgan fingerprint density at radius 2 is 2.00 bits per heavy atom. The van der Waals surface area contributed by atoms with Crippen LogP contribution < -0.4 is 0 Å². The molecular weight excluding hydrogens is 368 g/mol. The summed E-state index contributed by atoms with van der Waals surface area (Å²) < 4.78 is 5.70. The predicted molar refractivity (Wildman–Crippen MR) is 116 cm³/mol. The molecule has 1 aliphatic rings. The average molecular weight is 411 g/mol. The highest BCUT2D eigenvalue weighted by Crippen LogP contribution is 2.42. The molecule has 168 valence electrons. The molecule has 29 heavy (non-hydrogen) atoms. The molecule has 0 heterocycles. The molecule has 1 unspecified atom stereocenters. The van der Waals surface area contributed by atoms with Gasteiger partial charge in [0.2, 0.25) is 0 Å². The van der Waals surface area contributed by atoms with Gasteiger partial charge in [-0.05, 0) is 43.9 Å². The van der Waals surface area contributed by atoms with Gasteiger partial charge in [-0.25, -0.2) is 0 Å². The smallest absolute Gasteiger partial charge is 0.303 e. The van der Waals surface area contributed by atoms with Gasteiger partial charge in [0.15, 0.2) is 0 Å². The third kappa shape index (κ3) is 9.43. The minimum absolute atomic E-state index is 0.00997. The second kappa shape index (κ2) is 12.5. The van der Waals surface area contributed by atoms with E-state index in [0.717, 1.165) is 32.1 Å².